The van der Waals surface area contributed by atoms with E-state index in [1.807, 2.05) is 31.2 Å². The summed E-state index contributed by atoms with van der Waals surface area (Å²) < 4.78 is 5.20. The number of carbonyl (C=O) groups excluding carboxylic acids is 1. The predicted molar refractivity (Wildman–Crippen MR) is 85.3 cm³/mol. The van der Waals surface area contributed by atoms with Crippen molar-refractivity contribution in [2.45, 2.75) is 46.0 Å². The number of nitrogens with zero attached hydrogens (tertiary/aromatic N) is 2. The smallest absolute Gasteiger partial charge is 0.227 e. The van der Waals surface area contributed by atoms with Gasteiger partial charge < -0.3 is 9.84 Å². The van der Waals surface area contributed by atoms with E-state index in [9.17, 15) is 4.79 Å². The molecule has 0 spiro atoms. The van der Waals surface area contributed by atoms with Crippen molar-refractivity contribution in [2.75, 3.05) is 6.54 Å². The first-order valence-electron chi connectivity index (χ1n) is 7.85. The van der Waals surface area contributed by atoms with E-state index in [1.54, 1.807) is 0 Å². The van der Waals surface area contributed by atoms with Crippen molar-refractivity contribution in [3.05, 3.63) is 35.7 Å². The minimum absolute atomic E-state index is 0.0335. The maximum Gasteiger partial charge on any atom is 0.227 e. The lowest BCUT2D eigenvalue weighted by Crippen LogP contribution is -2.24. The van der Waals surface area contributed by atoms with E-state index >= 15 is 0 Å². The van der Waals surface area contributed by atoms with Gasteiger partial charge in [-0.2, -0.15) is 4.98 Å². The molecule has 1 amide bonds. The van der Waals surface area contributed by atoms with E-state index in [1.165, 1.54) is 5.56 Å². The van der Waals surface area contributed by atoms with E-state index in [0.717, 1.165) is 31.4 Å². The average Bonchev–Trinajstić information content (AvgIpc) is 2.99. The molecule has 0 saturated carbocycles. The van der Waals surface area contributed by atoms with Crippen LogP contribution >= 0.6 is 0 Å². The molecule has 118 valence electrons. The summed E-state index contributed by atoms with van der Waals surface area (Å²) in [6.45, 7) is 4.92. The molecule has 22 heavy (non-hydrogen) atoms. The molecule has 0 fully saturated rings. The maximum atomic E-state index is 11.7. The number of benzene rings is 1. The molecule has 0 unspecified atom stereocenters. The second-order valence-electron chi connectivity index (χ2n) is 5.43. The van der Waals surface area contributed by atoms with Crippen molar-refractivity contribution in [2.24, 2.45) is 0 Å². The zero-order valence-electron chi connectivity index (χ0n) is 13.3. The summed E-state index contributed by atoms with van der Waals surface area (Å²) in [7, 11) is 0. The van der Waals surface area contributed by atoms with E-state index in [4.69, 9.17) is 4.52 Å². The molecule has 0 aliphatic rings. The highest BCUT2D eigenvalue weighted by Crippen LogP contribution is 2.16. The van der Waals surface area contributed by atoms with Crippen molar-refractivity contribution in [1.82, 2.24) is 15.5 Å². The highest BCUT2D eigenvalue weighted by atomic mass is 16.5. The van der Waals surface area contributed by atoms with Gasteiger partial charge >= 0.3 is 0 Å². The molecule has 5 nitrogen and oxygen atoms in total. The normalized spacial score (nSPS) is 10.6. The molecule has 5 heteroatoms. The fourth-order valence-electron chi connectivity index (χ4n) is 2.09. The fraction of sp³-hybridized carbons (Fsp3) is 0.471. The quantitative estimate of drug-likeness (QED) is 0.760. The number of unbranched alkanes of at least 4 members (excludes halogenated alkanes) is 2. The molecule has 1 heterocycles. The molecule has 2 rings (SSSR count). The van der Waals surface area contributed by atoms with Gasteiger partial charge in [-0.3, -0.25) is 4.79 Å². The average molecular weight is 301 g/mol. The largest absolute Gasteiger partial charge is 0.356 e. The van der Waals surface area contributed by atoms with Crippen molar-refractivity contribution in [3.8, 4) is 11.4 Å². The van der Waals surface area contributed by atoms with Crippen LogP contribution in [0.2, 0.25) is 0 Å². The first-order valence-corrected chi connectivity index (χ1v) is 7.85. The lowest BCUT2D eigenvalue weighted by Gasteiger charge is -2.02. The van der Waals surface area contributed by atoms with Gasteiger partial charge in [-0.15, -0.1) is 0 Å². The molecule has 0 saturated heterocycles. The lowest BCUT2D eigenvalue weighted by atomic mass is 10.1. The van der Waals surface area contributed by atoms with Crippen LogP contribution in [0.25, 0.3) is 11.4 Å². The van der Waals surface area contributed by atoms with E-state index < -0.39 is 0 Å². The van der Waals surface area contributed by atoms with Gasteiger partial charge in [0.2, 0.25) is 17.6 Å². The number of hydrogen-bond donors (Lipinski definition) is 1. The van der Waals surface area contributed by atoms with Crippen molar-refractivity contribution in [1.29, 1.82) is 0 Å². The Morgan fingerprint density at radius 1 is 1.23 bits per heavy atom. The number of rotatable bonds is 8. The third-order valence-corrected chi connectivity index (χ3v) is 3.45. The highest BCUT2D eigenvalue weighted by Gasteiger charge is 2.10. The zero-order valence-corrected chi connectivity index (χ0v) is 13.3. The first kappa shape index (κ1) is 16.2. The standard InChI is InChI=1S/C17H23N3O2/c1-3-4-5-12-18-15(21)10-11-16-19-17(20-22-16)14-8-6-13(2)7-9-14/h6-9H,3-5,10-12H2,1-2H3,(H,18,21). The molecule has 0 radical (unpaired) electrons. The third kappa shape index (κ3) is 4.98. The van der Waals surface area contributed by atoms with E-state index in [-0.39, 0.29) is 5.91 Å². The summed E-state index contributed by atoms with van der Waals surface area (Å²) in [5.74, 6) is 1.10. The molecule has 0 bridgehead atoms. The first-order chi connectivity index (χ1) is 10.7. The summed E-state index contributed by atoms with van der Waals surface area (Å²) in [6, 6.07) is 7.94. The molecule has 0 atom stereocenters. The fourth-order valence-corrected chi connectivity index (χ4v) is 2.09. The predicted octanol–water partition coefficient (Wildman–Crippen LogP) is 3.28. The lowest BCUT2D eigenvalue weighted by molar-refractivity contribution is -0.121. The van der Waals surface area contributed by atoms with Crippen molar-refractivity contribution >= 4 is 5.91 Å². The van der Waals surface area contributed by atoms with Crippen LogP contribution in [0.4, 0.5) is 0 Å². The van der Waals surface area contributed by atoms with Gasteiger partial charge in [-0.25, -0.2) is 0 Å². The Labute approximate surface area is 131 Å². The van der Waals surface area contributed by atoms with Gasteiger partial charge in [0.15, 0.2) is 0 Å². The van der Waals surface area contributed by atoms with Crippen LogP contribution in [0.3, 0.4) is 0 Å². The summed E-state index contributed by atoms with van der Waals surface area (Å²) in [5.41, 5.74) is 2.11. The minimum atomic E-state index is 0.0335. The van der Waals surface area contributed by atoms with Gasteiger partial charge in [-0.05, 0) is 13.3 Å². The Balaban J connectivity index is 1.79. The third-order valence-electron chi connectivity index (χ3n) is 3.45. The van der Waals surface area contributed by atoms with Gasteiger partial charge in [0.25, 0.3) is 0 Å². The number of hydrogen-bond acceptors (Lipinski definition) is 4. The summed E-state index contributed by atoms with van der Waals surface area (Å²) in [6.07, 6.45) is 4.17. The van der Waals surface area contributed by atoms with Crippen molar-refractivity contribution in [3.63, 3.8) is 0 Å². The van der Waals surface area contributed by atoms with E-state index in [2.05, 4.69) is 22.4 Å². The van der Waals surface area contributed by atoms with Crippen molar-refractivity contribution < 1.29 is 9.32 Å². The number of aryl methyl sites for hydroxylation is 2. The Kier molecular flexibility index (Phi) is 6.13. The van der Waals surface area contributed by atoms with E-state index in [0.29, 0.717) is 24.6 Å². The van der Waals surface area contributed by atoms with Crippen LogP contribution < -0.4 is 5.32 Å². The molecule has 0 aliphatic heterocycles. The van der Waals surface area contributed by atoms with Gasteiger partial charge in [0, 0.05) is 24.9 Å². The summed E-state index contributed by atoms with van der Waals surface area (Å²) in [4.78, 5) is 16.0. The molecular weight excluding hydrogens is 278 g/mol. The van der Waals surface area contributed by atoms with Crippen LogP contribution in [0.1, 0.15) is 44.1 Å². The zero-order chi connectivity index (χ0) is 15.8. The monoisotopic (exact) mass is 301 g/mol. The second-order valence-corrected chi connectivity index (χ2v) is 5.43. The van der Waals surface area contributed by atoms with Crippen LogP contribution in [0.15, 0.2) is 28.8 Å². The molecule has 2 aromatic rings. The molecule has 1 N–H and O–H groups in total. The van der Waals surface area contributed by atoms with Crippen LogP contribution in [0.5, 0.6) is 0 Å². The SMILES string of the molecule is CCCCCNC(=O)CCc1nc(-c2ccc(C)cc2)no1. The Morgan fingerprint density at radius 2 is 2.00 bits per heavy atom. The number of nitrogens with one attached hydrogen (secondary N) is 1. The Morgan fingerprint density at radius 3 is 2.73 bits per heavy atom. The molecule has 1 aromatic carbocycles. The van der Waals surface area contributed by atoms with Gasteiger partial charge in [0.05, 0.1) is 0 Å². The topological polar surface area (TPSA) is 68.0 Å². The van der Waals surface area contributed by atoms with Gasteiger partial charge in [0.1, 0.15) is 0 Å². The summed E-state index contributed by atoms with van der Waals surface area (Å²) >= 11 is 0. The minimum Gasteiger partial charge on any atom is -0.356 e. The number of carbonyl (C=O) groups is 1. The Bertz CT molecular complexity index is 590. The van der Waals surface area contributed by atoms with Crippen LogP contribution in [-0.4, -0.2) is 22.6 Å². The Hall–Kier alpha value is -2.17. The molecule has 0 aliphatic carbocycles. The summed E-state index contributed by atoms with van der Waals surface area (Å²) in [5, 5.41) is 6.87. The van der Waals surface area contributed by atoms with Crippen LogP contribution in [-0.2, 0) is 11.2 Å². The number of amides is 1. The molecule has 1 aromatic heterocycles. The molecular formula is C17H23N3O2. The highest BCUT2D eigenvalue weighted by molar-refractivity contribution is 5.75. The van der Waals surface area contributed by atoms with Gasteiger partial charge in [-0.1, -0.05) is 54.8 Å². The maximum absolute atomic E-state index is 11.7. The number of aromatic nitrogens is 2. The second kappa shape index (κ2) is 8.32. The van der Waals surface area contributed by atoms with Crippen LogP contribution in [0, 0.1) is 6.92 Å².